The van der Waals surface area contributed by atoms with Crippen molar-refractivity contribution in [2.45, 2.75) is 46.3 Å². The highest BCUT2D eigenvalue weighted by Gasteiger charge is 2.24. The van der Waals surface area contributed by atoms with Gasteiger partial charge in [-0.1, -0.05) is 12.1 Å². The summed E-state index contributed by atoms with van der Waals surface area (Å²) in [6.45, 7) is 8.66. The van der Waals surface area contributed by atoms with Gasteiger partial charge in [0.05, 0.1) is 12.3 Å². The van der Waals surface area contributed by atoms with Gasteiger partial charge in [0.2, 0.25) is 0 Å². The van der Waals surface area contributed by atoms with Gasteiger partial charge in [-0.15, -0.1) is 0 Å². The molecule has 0 fully saturated rings. The van der Waals surface area contributed by atoms with E-state index in [2.05, 4.69) is 4.98 Å². The van der Waals surface area contributed by atoms with Crippen LogP contribution in [0.5, 0.6) is 0 Å². The Kier molecular flexibility index (Phi) is 4.86. The summed E-state index contributed by atoms with van der Waals surface area (Å²) in [5, 5.41) is 9.20. The number of ether oxygens (including phenoxy) is 1. The van der Waals surface area contributed by atoms with Crippen LogP contribution in [0.3, 0.4) is 0 Å². The summed E-state index contributed by atoms with van der Waals surface area (Å²) >= 11 is 0. The number of carbonyl (C=O) groups is 1. The van der Waals surface area contributed by atoms with E-state index in [1.54, 1.807) is 4.90 Å². The molecule has 2 heterocycles. The van der Waals surface area contributed by atoms with Gasteiger partial charge in [0.1, 0.15) is 5.60 Å². The third-order valence-corrected chi connectivity index (χ3v) is 3.56. The second-order valence-electron chi connectivity index (χ2n) is 6.50. The number of aliphatic hydroxyl groups is 1. The highest BCUT2D eigenvalue weighted by atomic mass is 16.6. The van der Waals surface area contributed by atoms with Gasteiger partial charge in [0.15, 0.2) is 0 Å². The first-order valence-electron chi connectivity index (χ1n) is 7.55. The molecule has 1 aliphatic rings. The number of nitrogens with zero attached hydrogens (tertiary/aromatic N) is 2. The zero-order valence-electron chi connectivity index (χ0n) is 13.7. The van der Waals surface area contributed by atoms with E-state index in [4.69, 9.17) is 4.74 Å². The Balaban J connectivity index is 2.05. The zero-order valence-corrected chi connectivity index (χ0v) is 13.7. The van der Waals surface area contributed by atoms with Gasteiger partial charge in [-0.2, -0.15) is 0 Å². The predicted molar refractivity (Wildman–Crippen MR) is 85.3 cm³/mol. The second-order valence-corrected chi connectivity index (χ2v) is 6.50. The van der Waals surface area contributed by atoms with Crippen LogP contribution in [0, 0.1) is 6.92 Å². The van der Waals surface area contributed by atoms with Crippen molar-refractivity contribution in [2.24, 2.45) is 0 Å². The van der Waals surface area contributed by atoms with Crippen LogP contribution in [0.2, 0.25) is 0 Å². The van der Waals surface area contributed by atoms with Crippen molar-refractivity contribution in [1.29, 1.82) is 0 Å². The van der Waals surface area contributed by atoms with E-state index in [0.29, 0.717) is 13.1 Å². The van der Waals surface area contributed by atoms with Gasteiger partial charge in [-0.25, -0.2) is 4.79 Å². The summed E-state index contributed by atoms with van der Waals surface area (Å²) in [5.74, 6) is 0. The number of amides is 1. The van der Waals surface area contributed by atoms with Crippen LogP contribution >= 0.6 is 0 Å². The van der Waals surface area contributed by atoms with E-state index >= 15 is 0 Å². The van der Waals surface area contributed by atoms with Crippen LogP contribution in [-0.2, 0) is 11.3 Å². The minimum absolute atomic E-state index is 0.00455. The Morgan fingerprint density at radius 2 is 2.14 bits per heavy atom. The second kappa shape index (κ2) is 6.48. The van der Waals surface area contributed by atoms with Crippen LogP contribution in [0.25, 0.3) is 5.57 Å². The normalized spacial score (nSPS) is 15.5. The molecule has 2 rings (SSSR count). The summed E-state index contributed by atoms with van der Waals surface area (Å²) in [6.07, 6.45) is 2.50. The number of carbonyl (C=O) groups excluding carboxylic acids is 1. The lowest BCUT2D eigenvalue weighted by Crippen LogP contribution is -2.39. The van der Waals surface area contributed by atoms with E-state index in [-0.39, 0.29) is 12.7 Å². The average molecular weight is 304 g/mol. The Hall–Kier alpha value is -1.88. The van der Waals surface area contributed by atoms with Gasteiger partial charge >= 0.3 is 6.09 Å². The number of hydrogen-bond donors (Lipinski definition) is 1. The number of aliphatic hydroxyl groups excluding tert-OH is 1. The molecule has 1 aromatic heterocycles. The molecule has 0 bridgehead atoms. The summed E-state index contributed by atoms with van der Waals surface area (Å²) in [6, 6.07) is 3.83. The molecule has 0 atom stereocenters. The van der Waals surface area contributed by atoms with Crippen molar-refractivity contribution in [3.8, 4) is 0 Å². The van der Waals surface area contributed by atoms with Crippen molar-refractivity contribution in [2.75, 3.05) is 13.1 Å². The highest BCUT2D eigenvalue weighted by Crippen LogP contribution is 2.23. The predicted octanol–water partition coefficient (Wildman–Crippen LogP) is 2.91. The van der Waals surface area contributed by atoms with Gasteiger partial charge in [-0.05, 0) is 51.3 Å². The standard InChI is InChI=1S/C17H24N2O3/c1-12-14(11-20)5-6-15(18-12)13-7-9-19(10-8-13)16(21)22-17(2,3)4/h5-7,20H,8-11H2,1-4H3. The Labute approximate surface area is 131 Å². The molecule has 22 heavy (non-hydrogen) atoms. The maximum absolute atomic E-state index is 12.0. The molecular weight excluding hydrogens is 280 g/mol. The van der Waals surface area contributed by atoms with Gasteiger partial charge < -0.3 is 14.7 Å². The summed E-state index contributed by atoms with van der Waals surface area (Å²) in [4.78, 5) is 18.3. The number of rotatable bonds is 2. The topological polar surface area (TPSA) is 62.7 Å². The minimum atomic E-state index is -0.472. The smallest absolute Gasteiger partial charge is 0.410 e. The Bertz CT molecular complexity index is 588. The molecule has 1 N–H and O–H groups in total. The Morgan fingerprint density at radius 3 is 2.64 bits per heavy atom. The van der Waals surface area contributed by atoms with Crippen molar-refractivity contribution >= 4 is 11.7 Å². The molecule has 0 unspecified atom stereocenters. The number of aryl methyl sites for hydroxylation is 1. The molecule has 0 spiro atoms. The largest absolute Gasteiger partial charge is 0.444 e. The van der Waals surface area contributed by atoms with Crippen molar-refractivity contribution in [3.63, 3.8) is 0 Å². The lowest BCUT2D eigenvalue weighted by molar-refractivity contribution is 0.0270. The van der Waals surface area contributed by atoms with Gasteiger partial charge in [0, 0.05) is 18.8 Å². The molecule has 1 amide bonds. The molecule has 5 heteroatoms. The first-order valence-corrected chi connectivity index (χ1v) is 7.55. The van der Waals surface area contributed by atoms with Crippen LogP contribution in [-0.4, -0.2) is 39.8 Å². The molecule has 1 aliphatic heterocycles. The SMILES string of the molecule is Cc1nc(C2=CCN(C(=O)OC(C)(C)C)CC2)ccc1CO. The van der Waals surface area contributed by atoms with E-state index in [1.165, 1.54) is 0 Å². The van der Waals surface area contributed by atoms with E-state index < -0.39 is 5.60 Å². The zero-order chi connectivity index (χ0) is 16.3. The molecule has 5 nitrogen and oxygen atoms in total. The maximum atomic E-state index is 12.0. The highest BCUT2D eigenvalue weighted by molar-refractivity contribution is 5.72. The fourth-order valence-electron chi connectivity index (χ4n) is 2.33. The molecular formula is C17H24N2O3. The fourth-order valence-corrected chi connectivity index (χ4v) is 2.33. The first-order chi connectivity index (χ1) is 10.3. The molecule has 0 aromatic carbocycles. The van der Waals surface area contributed by atoms with Crippen LogP contribution < -0.4 is 0 Å². The Morgan fingerprint density at radius 1 is 1.41 bits per heavy atom. The van der Waals surface area contributed by atoms with Gasteiger partial charge in [-0.3, -0.25) is 4.98 Å². The summed E-state index contributed by atoms with van der Waals surface area (Å²) < 4.78 is 5.38. The van der Waals surface area contributed by atoms with Gasteiger partial charge in [0.25, 0.3) is 0 Å². The molecule has 0 radical (unpaired) electrons. The van der Waals surface area contributed by atoms with E-state index in [1.807, 2.05) is 45.9 Å². The summed E-state index contributed by atoms with van der Waals surface area (Å²) in [5.41, 5.74) is 3.26. The number of hydrogen-bond acceptors (Lipinski definition) is 4. The fraction of sp³-hybridized carbons (Fsp3) is 0.529. The molecule has 1 aromatic rings. The third kappa shape index (κ3) is 4.07. The van der Waals surface area contributed by atoms with Crippen LogP contribution in [0.15, 0.2) is 18.2 Å². The quantitative estimate of drug-likeness (QED) is 0.912. The third-order valence-electron chi connectivity index (χ3n) is 3.56. The molecule has 0 saturated heterocycles. The van der Waals surface area contributed by atoms with Crippen molar-refractivity contribution in [1.82, 2.24) is 9.88 Å². The lowest BCUT2D eigenvalue weighted by atomic mass is 10.0. The monoisotopic (exact) mass is 304 g/mol. The van der Waals surface area contributed by atoms with Crippen LogP contribution in [0.1, 0.15) is 44.1 Å². The lowest BCUT2D eigenvalue weighted by Gasteiger charge is -2.29. The van der Waals surface area contributed by atoms with E-state index in [9.17, 15) is 9.90 Å². The minimum Gasteiger partial charge on any atom is -0.444 e. The first kappa shape index (κ1) is 16.5. The summed E-state index contributed by atoms with van der Waals surface area (Å²) in [7, 11) is 0. The van der Waals surface area contributed by atoms with Crippen molar-refractivity contribution < 1.29 is 14.6 Å². The number of pyridine rings is 1. The molecule has 120 valence electrons. The number of aromatic nitrogens is 1. The van der Waals surface area contributed by atoms with E-state index in [0.717, 1.165) is 28.9 Å². The molecule has 0 saturated carbocycles. The van der Waals surface area contributed by atoms with Crippen molar-refractivity contribution in [3.05, 3.63) is 35.2 Å². The van der Waals surface area contributed by atoms with Crippen LogP contribution in [0.4, 0.5) is 4.79 Å². The maximum Gasteiger partial charge on any atom is 0.410 e. The molecule has 0 aliphatic carbocycles. The average Bonchev–Trinajstić information content (AvgIpc) is 2.45.